The fourth-order valence-electron chi connectivity index (χ4n) is 1.44. The van der Waals surface area contributed by atoms with Crippen LogP contribution in [0.5, 0.6) is 0 Å². The number of aryl methyl sites for hydroxylation is 1. The van der Waals surface area contributed by atoms with Crippen LogP contribution < -0.4 is 10.6 Å². The molecule has 0 unspecified atom stereocenters. The predicted octanol–water partition coefficient (Wildman–Crippen LogP) is 3.01. The molecule has 0 aliphatic heterocycles. The summed E-state index contributed by atoms with van der Waals surface area (Å²) in [6.45, 7) is 4.59. The summed E-state index contributed by atoms with van der Waals surface area (Å²) in [7, 11) is 0. The molecular formula is C12H14ClN5. The molecule has 0 aliphatic rings. The van der Waals surface area contributed by atoms with Crippen LogP contribution in [0.2, 0.25) is 5.02 Å². The fourth-order valence-corrected chi connectivity index (χ4v) is 1.56. The highest BCUT2D eigenvalue weighted by atomic mass is 35.5. The molecule has 0 bridgehead atoms. The maximum atomic E-state index is 5.83. The molecule has 2 aromatic rings. The van der Waals surface area contributed by atoms with Gasteiger partial charge in [-0.25, -0.2) is 0 Å². The zero-order chi connectivity index (χ0) is 13.0. The van der Waals surface area contributed by atoms with E-state index in [9.17, 15) is 0 Å². The summed E-state index contributed by atoms with van der Waals surface area (Å²) in [5.74, 6) is 1.75. The minimum absolute atomic E-state index is 0.515. The van der Waals surface area contributed by atoms with Crippen LogP contribution in [0, 0.1) is 6.92 Å². The summed E-state index contributed by atoms with van der Waals surface area (Å²) in [6, 6.07) is 7.36. The molecule has 1 heterocycles. The molecule has 5 nitrogen and oxygen atoms in total. The molecule has 1 aromatic heterocycles. The van der Waals surface area contributed by atoms with E-state index in [-0.39, 0.29) is 0 Å². The average Bonchev–Trinajstić information content (AvgIpc) is 2.32. The molecule has 18 heavy (non-hydrogen) atoms. The van der Waals surface area contributed by atoms with Crippen molar-refractivity contribution in [1.82, 2.24) is 15.0 Å². The van der Waals surface area contributed by atoms with Gasteiger partial charge in [0.25, 0.3) is 0 Å². The second kappa shape index (κ2) is 5.64. The highest BCUT2D eigenvalue weighted by Crippen LogP contribution is 2.17. The molecule has 0 radical (unpaired) electrons. The summed E-state index contributed by atoms with van der Waals surface area (Å²) >= 11 is 5.83. The first-order chi connectivity index (χ1) is 8.67. The van der Waals surface area contributed by atoms with Crippen LogP contribution in [0.3, 0.4) is 0 Å². The Morgan fingerprint density at radius 1 is 1.06 bits per heavy atom. The van der Waals surface area contributed by atoms with Crippen molar-refractivity contribution in [2.24, 2.45) is 0 Å². The highest BCUT2D eigenvalue weighted by Gasteiger charge is 2.03. The van der Waals surface area contributed by atoms with E-state index in [1.165, 1.54) is 0 Å². The summed E-state index contributed by atoms with van der Waals surface area (Å²) in [4.78, 5) is 12.7. The molecule has 2 rings (SSSR count). The van der Waals surface area contributed by atoms with Gasteiger partial charge in [0.05, 0.1) is 0 Å². The largest absolute Gasteiger partial charge is 0.354 e. The zero-order valence-corrected chi connectivity index (χ0v) is 11.0. The summed E-state index contributed by atoms with van der Waals surface area (Å²) in [6.07, 6.45) is 0. The Balaban J connectivity index is 2.20. The van der Waals surface area contributed by atoms with Gasteiger partial charge in [-0.1, -0.05) is 11.6 Å². The fraction of sp³-hybridized carbons (Fsp3) is 0.250. The van der Waals surface area contributed by atoms with Crippen molar-refractivity contribution < 1.29 is 0 Å². The summed E-state index contributed by atoms with van der Waals surface area (Å²) in [5, 5.41) is 6.87. The van der Waals surface area contributed by atoms with E-state index in [1.54, 1.807) is 0 Å². The minimum atomic E-state index is 0.515. The lowest BCUT2D eigenvalue weighted by Crippen LogP contribution is -2.07. The van der Waals surface area contributed by atoms with Gasteiger partial charge in [0.15, 0.2) is 0 Å². The highest BCUT2D eigenvalue weighted by molar-refractivity contribution is 6.30. The Bertz CT molecular complexity index is 526. The molecule has 2 N–H and O–H groups in total. The van der Waals surface area contributed by atoms with Crippen LogP contribution in [0.15, 0.2) is 24.3 Å². The SMILES string of the molecule is CCNc1nc(C)nc(Nc2ccc(Cl)cc2)n1. The number of aromatic nitrogens is 3. The van der Waals surface area contributed by atoms with Crippen LogP contribution in [-0.4, -0.2) is 21.5 Å². The molecule has 0 atom stereocenters. The van der Waals surface area contributed by atoms with E-state index in [0.29, 0.717) is 22.7 Å². The molecular weight excluding hydrogens is 250 g/mol. The molecule has 0 amide bonds. The predicted molar refractivity (Wildman–Crippen MR) is 73.5 cm³/mol. The topological polar surface area (TPSA) is 62.7 Å². The summed E-state index contributed by atoms with van der Waals surface area (Å²) < 4.78 is 0. The normalized spacial score (nSPS) is 10.2. The van der Waals surface area contributed by atoms with E-state index in [0.717, 1.165) is 12.2 Å². The molecule has 0 fully saturated rings. The van der Waals surface area contributed by atoms with E-state index < -0.39 is 0 Å². The molecule has 0 saturated carbocycles. The Hall–Kier alpha value is -1.88. The molecule has 0 aliphatic carbocycles. The van der Waals surface area contributed by atoms with Gasteiger partial charge in [-0.05, 0) is 38.1 Å². The Morgan fingerprint density at radius 2 is 1.72 bits per heavy atom. The van der Waals surface area contributed by atoms with Crippen molar-refractivity contribution in [2.75, 3.05) is 17.2 Å². The quantitative estimate of drug-likeness (QED) is 0.888. The molecule has 94 valence electrons. The molecule has 0 saturated heterocycles. The second-order valence-corrected chi connectivity index (χ2v) is 4.13. The van der Waals surface area contributed by atoms with E-state index >= 15 is 0 Å². The number of nitrogens with zero attached hydrogens (tertiary/aromatic N) is 3. The lowest BCUT2D eigenvalue weighted by Gasteiger charge is -2.07. The number of rotatable bonds is 4. The van der Waals surface area contributed by atoms with Gasteiger partial charge in [-0.15, -0.1) is 0 Å². The monoisotopic (exact) mass is 263 g/mol. The number of anilines is 3. The first-order valence-electron chi connectivity index (χ1n) is 5.66. The number of hydrogen-bond donors (Lipinski definition) is 2. The Morgan fingerprint density at radius 3 is 2.39 bits per heavy atom. The van der Waals surface area contributed by atoms with Gasteiger partial charge in [0.2, 0.25) is 11.9 Å². The maximum Gasteiger partial charge on any atom is 0.232 e. The van der Waals surface area contributed by atoms with Crippen molar-refractivity contribution in [3.8, 4) is 0 Å². The number of benzene rings is 1. The third kappa shape index (κ3) is 3.30. The maximum absolute atomic E-state index is 5.83. The average molecular weight is 264 g/mol. The number of halogens is 1. The standard InChI is InChI=1S/C12H14ClN5/c1-3-14-11-15-8(2)16-12(18-11)17-10-6-4-9(13)5-7-10/h4-7H,3H2,1-2H3,(H2,14,15,16,17,18). The first kappa shape index (κ1) is 12.6. The Labute approximate surface area is 111 Å². The van der Waals surface area contributed by atoms with Crippen molar-refractivity contribution >= 4 is 29.2 Å². The van der Waals surface area contributed by atoms with Crippen molar-refractivity contribution in [3.63, 3.8) is 0 Å². The van der Waals surface area contributed by atoms with Crippen LogP contribution in [0.1, 0.15) is 12.7 Å². The third-order valence-corrected chi connectivity index (χ3v) is 2.43. The zero-order valence-electron chi connectivity index (χ0n) is 10.2. The molecule has 0 spiro atoms. The third-order valence-electron chi connectivity index (χ3n) is 2.18. The lowest BCUT2D eigenvalue weighted by molar-refractivity contribution is 0.968. The van der Waals surface area contributed by atoms with Gasteiger partial charge in [-0.3, -0.25) is 0 Å². The van der Waals surface area contributed by atoms with Crippen LogP contribution in [0.4, 0.5) is 17.6 Å². The van der Waals surface area contributed by atoms with Crippen LogP contribution >= 0.6 is 11.6 Å². The van der Waals surface area contributed by atoms with Gasteiger partial charge in [0, 0.05) is 17.3 Å². The number of nitrogens with one attached hydrogen (secondary N) is 2. The first-order valence-corrected chi connectivity index (χ1v) is 6.04. The second-order valence-electron chi connectivity index (χ2n) is 3.69. The summed E-state index contributed by atoms with van der Waals surface area (Å²) in [5.41, 5.74) is 0.882. The van der Waals surface area contributed by atoms with Gasteiger partial charge < -0.3 is 10.6 Å². The smallest absolute Gasteiger partial charge is 0.232 e. The van der Waals surface area contributed by atoms with Crippen molar-refractivity contribution in [3.05, 3.63) is 35.1 Å². The van der Waals surface area contributed by atoms with Gasteiger partial charge >= 0.3 is 0 Å². The number of hydrogen-bond acceptors (Lipinski definition) is 5. The molecule has 6 heteroatoms. The van der Waals surface area contributed by atoms with E-state index in [4.69, 9.17) is 11.6 Å². The lowest BCUT2D eigenvalue weighted by atomic mass is 10.3. The van der Waals surface area contributed by atoms with Gasteiger partial charge in [-0.2, -0.15) is 15.0 Å². The Kier molecular flexibility index (Phi) is 3.94. The van der Waals surface area contributed by atoms with Crippen LogP contribution in [0.25, 0.3) is 0 Å². The van der Waals surface area contributed by atoms with Crippen LogP contribution in [-0.2, 0) is 0 Å². The van der Waals surface area contributed by atoms with Gasteiger partial charge in [0.1, 0.15) is 5.82 Å². The minimum Gasteiger partial charge on any atom is -0.354 e. The van der Waals surface area contributed by atoms with Crippen molar-refractivity contribution in [1.29, 1.82) is 0 Å². The van der Waals surface area contributed by atoms with E-state index in [1.807, 2.05) is 38.1 Å². The van der Waals surface area contributed by atoms with Crippen molar-refractivity contribution in [2.45, 2.75) is 13.8 Å². The van der Waals surface area contributed by atoms with E-state index in [2.05, 4.69) is 25.6 Å². The molecule has 1 aromatic carbocycles.